The number of carbonyl (C=O) groups excluding carboxylic acids is 1. The number of H-pyrrole nitrogens is 2. The molecule has 3 aromatic heterocycles. The molecule has 0 atom stereocenters. The molecule has 4 rings (SSSR count). The zero-order valence-electron chi connectivity index (χ0n) is 12.3. The maximum atomic E-state index is 12.4. The van der Waals surface area contributed by atoms with E-state index in [-0.39, 0.29) is 5.56 Å². The summed E-state index contributed by atoms with van der Waals surface area (Å²) < 4.78 is 0. The second kappa shape index (κ2) is 5.50. The first-order valence-electron chi connectivity index (χ1n) is 7.17. The minimum absolute atomic E-state index is 0.0309. The van der Waals surface area contributed by atoms with Crippen LogP contribution in [0.2, 0.25) is 5.02 Å². The van der Waals surface area contributed by atoms with E-state index in [0.717, 1.165) is 21.8 Å². The fraction of sp³-hybridized carbons (Fsp3) is 0. The van der Waals surface area contributed by atoms with Crippen molar-refractivity contribution in [3.05, 3.63) is 69.9 Å². The zero-order chi connectivity index (χ0) is 16.7. The number of carbonyl (C=O) groups is 1. The van der Waals surface area contributed by atoms with Crippen LogP contribution in [-0.4, -0.2) is 20.9 Å². The normalized spacial score (nSPS) is 11.0. The Morgan fingerprint density at radius 3 is 2.92 bits per heavy atom. The van der Waals surface area contributed by atoms with Gasteiger partial charge in [0, 0.05) is 28.2 Å². The summed E-state index contributed by atoms with van der Waals surface area (Å²) in [5, 5.41) is 5.06. The Labute approximate surface area is 140 Å². The SMILES string of the molecule is O=C(Nc1cc(Cl)cc2c1[nH]c1cnccc12)c1ccc[nH]c1=O. The molecule has 0 saturated heterocycles. The summed E-state index contributed by atoms with van der Waals surface area (Å²) in [7, 11) is 0. The van der Waals surface area contributed by atoms with Gasteiger partial charge >= 0.3 is 0 Å². The Hall–Kier alpha value is -3.12. The molecule has 0 saturated carbocycles. The van der Waals surface area contributed by atoms with Gasteiger partial charge in [0.05, 0.1) is 22.9 Å². The minimum Gasteiger partial charge on any atom is -0.352 e. The van der Waals surface area contributed by atoms with Gasteiger partial charge in [0.2, 0.25) is 0 Å². The quantitative estimate of drug-likeness (QED) is 0.523. The summed E-state index contributed by atoms with van der Waals surface area (Å²) in [5.41, 5.74) is 1.64. The number of halogens is 1. The molecule has 3 N–H and O–H groups in total. The minimum atomic E-state index is -0.503. The Kier molecular flexibility index (Phi) is 3.32. The third kappa shape index (κ3) is 2.33. The van der Waals surface area contributed by atoms with Crippen molar-refractivity contribution in [3.8, 4) is 0 Å². The molecule has 4 aromatic rings. The molecule has 0 fully saturated rings. The van der Waals surface area contributed by atoms with E-state index in [9.17, 15) is 9.59 Å². The van der Waals surface area contributed by atoms with Crippen LogP contribution < -0.4 is 10.9 Å². The molecule has 3 heterocycles. The molecule has 0 aliphatic rings. The number of aromatic nitrogens is 3. The van der Waals surface area contributed by atoms with Crippen molar-refractivity contribution in [1.82, 2.24) is 15.0 Å². The Morgan fingerprint density at radius 2 is 2.08 bits per heavy atom. The number of anilines is 1. The van der Waals surface area contributed by atoms with Gasteiger partial charge in [-0.2, -0.15) is 0 Å². The first kappa shape index (κ1) is 14.5. The van der Waals surface area contributed by atoms with Crippen LogP contribution in [-0.2, 0) is 0 Å². The molecule has 7 heteroatoms. The van der Waals surface area contributed by atoms with Crippen molar-refractivity contribution in [3.63, 3.8) is 0 Å². The fourth-order valence-electron chi connectivity index (χ4n) is 2.71. The third-order valence-corrected chi connectivity index (χ3v) is 4.00. The Morgan fingerprint density at radius 1 is 1.21 bits per heavy atom. The first-order chi connectivity index (χ1) is 11.6. The number of hydrogen-bond acceptors (Lipinski definition) is 3. The van der Waals surface area contributed by atoms with Gasteiger partial charge in [0.15, 0.2) is 0 Å². The Balaban J connectivity index is 1.86. The van der Waals surface area contributed by atoms with Crippen molar-refractivity contribution < 1.29 is 4.79 Å². The number of fused-ring (bicyclic) bond motifs is 3. The number of benzene rings is 1. The second-order valence-corrected chi connectivity index (χ2v) is 5.73. The average molecular weight is 339 g/mol. The smallest absolute Gasteiger partial charge is 0.261 e. The number of nitrogens with one attached hydrogen (secondary N) is 3. The summed E-state index contributed by atoms with van der Waals surface area (Å²) >= 11 is 6.19. The Bertz CT molecular complexity index is 1150. The van der Waals surface area contributed by atoms with Crippen molar-refractivity contribution >= 4 is 45.0 Å². The lowest BCUT2D eigenvalue weighted by molar-refractivity contribution is 0.102. The zero-order valence-corrected chi connectivity index (χ0v) is 13.0. The van der Waals surface area contributed by atoms with Gasteiger partial charge in [-0.25, -0.2) is 0 Å². The van der Waals surface area contributed by atoms with Crippen LogP contribution in [0.5, 0.6) is 0 Å². The van der Waals surface area contributed by atoms with Gasteiger partial charge < -0.3 is 15.3 Å². The maximum Gasteiger partial charge on any atom is 0.261 e. The number of amides is 1. The molecule has 0 aliphatic heterocycles. The van der Waals surface area contributed by atoms with Gasteiger partial charge in [-0.1, -0.05) is 11.6 Å². The van der Waals surface area contributed by atoms with E-state index in [2.05, 4.69) is 20.3 Å². The highest BCUT2D eigenvalue weighted by Crippen LogP contribution is 2.33. The van der Waals surface area contributed by atoms with Gasteiger partial charge in [0.1, 0.15) is 5.56 Å². The van der Waals surface area contributed by atoms with Crippen LogP contribution in [0.25, 0.3) is 21.8 Å². The van der Waals surface area contributed by atoms with Gasteiger partial charge in [-0.15, -0.1) is 0 Å². The molecule has 0 radical (unpaired) electrons. The number of aromatic amines is 2. The third-order valence-electron chi connectivity index (χ3n) is 3.79. The number of rotatable bonds is 2. The predicted octanol–water partition coefficient (Wildman–Crippen LogP) is 3.31. The fourth-order valence-corrected chi connectivity index (χ4v) is 2.92. The predicted molar refractivity (Wildman–Crippen MR) is 93.6 cm³/mol. The average Bonchev–Trinajstić information content (AvgIpc) is 2.94. The summed E-state index contributed by atoms with van der Waals surface area (Å²) in [6.45, 7) is 0. The first-order valence-corrected chi connectivity index (χ1v) is 7.55. The molecule has 6 nitrogen and oxygen atoms in total. The molecular formula is C17H11ClN4O2. The van der Waals surface area contributed by atoms with Crippen molar-refractivity contribution in [2.45, 2.75) is 0 Å². The molecular weight excluding hydrogens is 328 g/mol. The van der Waals surface area contributed by atoms with Gasteiger partial charge in [-0.05, 0) is 30.3 Å². The van der Waals surface area contributed by atoms with Crippen LogP contribution in [0, 0.1) is 0 Å². The summed E-state index contributed by atoms with van der Waals surface area (Å²) in [5.74, 6) is -0.503. The van der Waals surface area contributed by atoms with Crippen molar-refractivity contribution in [2.24, 2.45) is 0 Å². The van der Waals surface area contributed by atoms with Gasteiger partial charge in [0.25, 0.3) is 11.5 Å². The monoisotopic (exact) mass is 338 g/mol. The summed E-state index contributed by atoms with van der Waals surface area (Å²) in [6, 6.07) is 8.39. The highest BCUT2D eigenvalue weighted by atomic mass is 35.5. The van der Waals surface area contributed by atoms with Crippen LogP contribution in [0.1, 0.15) is 10.4 Å². The van der Waals surface area contributed by atoms with Crippen molar-refractivity contribution in [1.29, 1.82) is 0 Å². The summed E-state index contributed by atoms with van der Waals surface area (Å²) in [4.78, 5) is 34.0. The highest BCUT2D eigenvalue weighted by Gasteiger charge is 2.15. The molecule has 24 heavy (non-hydrogen) atoms. The number of nitrogens with zero attached hydrogens (tertiary/aromatic N) is 1. The molecule has 0 bridgehead atoms. The lowest BCUT2D eigenvalue weighted by Gasteiger charge is -2.07. The van der Waals surface area contributed by atoms with Crippen molar-refractivity contribution in [2.75, 3.05) is 5.32 Å². The van der Waals surface area contributed by atoms with Crippen LogP contribution >= 0.6 is 11.6 Å². The number of hydrogen-bond donors (Lipinski definition) is 3. The topological polar surface area (TPSA) is 90.6 Å². The lowest BCUT2D eigenvalue weighted by Crippen LogP contribution is -2.22. The van der Waals surface area contributed by atoms with Crippen LogP contribution in [0.3, 0.4) is 0 Å². The maximum absolute atomic E-state index is 12.4. The van der Waals surface area contributed by atoms with E-state index in [4.69, 9.17) is 11.6 Å². The number of pyridine rings is 2. The van der Waals surface area contributed by atoms with E-state index in [1.165, 1.54) is 12.3 Å². The molecule has 1 amide bonds. The van der Waals surface area contributed by atoms with E-state index in [1.807, 2.05) is 12.1 Å². The van der Waals surface area contributed by atoms with Gasteiger partial charge in [-0.3, -0.25) is 14.6 Å². The van der Waals surface area contributed by atoms with E-state index >= 15 is 0 Å². The standard InChI is InChI=1S/C17H11ClN4O2/c18-9-6-12-10-3-5-19-8-14(10)21-15(12)13(7-9)22-17(24)11-2-1-4-20-16(11)23/h1-8,21H,(H,20,23)(H,22,24). The van der Waals surface area contributed by atoms with E-state index in [1.54, 1.807) is 24.5 Å². The molecule has 0 spiro atoms. The molecule has 118 valence electrons. The highest BCUT2D eigenvalue weighted by molar-refractivity contribution is 6.33. The van der Waals surface area contributed by atoms with Crippen LogP contribution in [0.15, 0.2) is 53.7 Å². The lowest BCUT2D eigenvalue weighted by atomic mass is 10.1. The van der Waals surface area contributed by atoms with E-state index < -0.39 is 11.5 Å². The summed E-state index contributed by atoms with van der Waals surface area (Å²) in [6.07, 6.45) is 4.87. The largest absolute Gasteiger partial charge is 0.352 e. The van der Waals surface area contributed by atoms with E-state index in [0.29, 0.717) is 10.7 Å². The molecule has 0 aliphatic carbocycles. The molecule has 1 aromatic carbocycles. The second-order valence-electron chi connectivity index (χ2n) is 5.29. The van der Waals surface area contributed by atoms with Crippen LogP contribution in [0.4, 0.5) is 5.69 Å². The molecule has 0 unspecified atom stereocenters.